The van der Waals surface area contributed by atoms with Crippen molar-refractivity contribution in [2.45, 2.75) is 6.54 Å². The lowest BCUT2D eigenvalue weighted by molar-refractivity contribution is 0.0954. The number of rotatable bonds is 2. The average molecular weight is 168 g/mol. The maximum Gasteiger partial charge on any atom is 0.269 e. The number of carbonyl (C=O) groups excluding carboxylic acids is 1. The Kier molecular flexibility index (Phi) is 2.44. The first kappa shape index (κ1) is 8.73. The number of nitrogens with one attached hydrogen (secondary N) is 1. The second-order valence-electron chi connectivity index (χ2n) is 2.43. The molecule has 0 aliphatic heterocycles. The molecule has 0 unspecified atom stereocenters. The molecule has 0 aliphatic rings. The monoisotopic (exact) mass is 168 g/mol. The van der Waals surface area contributed by atoms with Gasteiger partial charge in [0.2, 0.25) is 0 Å². The second-order valence-corrected chi connectivity index (χ2v) is 2.43. The van der Waals surface area contributed by atoms with E-state index in [-0.39, 0.29) is 12.5 Å². The van der Waals surface area contributed by atoms with E-state index in [1.165, 1.54) is 0 Å². The summed E-state index contributed by atoms with van der Waals surface area (Å²) in [5.74, 6) is -0.157. The van der Waals surface area contributed by atoms with E-state index in [0.717, 1.165) is 0 Å². The molecule has 1 rings (SSSR count). The molecule has 0 atom stereocenters. The number of hydrogen-bond donors (Lipinski definition) is 2. The van der Waals surface area contributed by atoms with Crippen LogP contribution in [-0.2, 0) is 13.6 Å². The molecule has 0 aromatic carbocycles. The third-order valence-electron chi connectivity index (χ3n) is 1.65. The molecule has 1 aromatic heterocycles. The smallest absolute Gasteiger partial charge is 0.269 e. The summed E-state index contributed by atoms with van der Waals surface area (Å²) in [5.41, 5.74) is 6.55. The van der Waals surface area contributed by atoms with Crippen LogP contribution in [0.15, 0.2) is 6.33 Å². The van der Waals surface area contributed by atoms with Crippen LogP contribution in [0.1, 0.15) is 16.2 Å². The van der Waals surface area contributed by atoms with E-state index in [9.17, 15) is 4.79 Å². The third kappa shape index (κ3) is 1.31. The number of nitrogens with two attached hydrogens (primary N) is 1. The van der Waals surface area contributed by atoms with Gasteiger partial charge in [-0.15, -0.1) is 0 Å². The molecule has 0 saturated carbocycles. The van der Waals surface area contributed by atoms with E-state index in [1.54, 1.807) is 25.0 Å². The summed E-state index contributed by atoms with van der Waals surface area (Å²) in [6, 6.07) is 0. The van der Waals surface area contributed by atoms with Gasteiger partial charge in [0.15, 0.2) is 0 Å². The Balaban J connectivity index is 3.10. The van der Waals surface area contributed by atoms with Gasteiger partial charge >= 0.3 is 0 Å². The molecular formula is C7H12N4O. The minimum atomic E-state index is -0.157. The predicted molar refractivity (Wildman–Crippen MR) is 44.5 cm³/mol. The number of carbonyl (C=O) groups is 1. The zero-order valence-electron chi connectivity index (χ0n) is 7.16. The summed E-state index contributed by atoms with van der Waals surface area (Å²) >= 11 is 0. The molecule has 3 N–H and O–H groups in total. The summed E-state index contributed by atoms with van der Waals surface area (Å²) in [6.07, 6.45) is 1.58. The standard InChI is InChI=1S/C7H12N4O/c1-9-7(12)6-5(3-8)10-4-11(6)2/h4H,3,8H2,1-2H3,(H,9,12). The minimum absolute atomic E-state index is 0.157. The van der Waals surface area contributed by atoms with Gasteiger partial charge in [-0.2, -0.15) is 0 Å². The van der Waals surface area contributed by atoms with Gasteiger partial charge in [0, 0.05) is 20.6 Å². The highest BCUT2D eigenvalue weighted by Gasteiger charge is 2.13. The number of aryl methyl sites for hydroxylation is 1. The Bertz CT molecular complexity index is 292. The Hall–Kier alpha value is -1.36. The van der Waals surface area contributed by atoms with Crippen LogP contribution in [-0.4, -0.2) is 22.5 Å². The molecule has 0 aliphatic carbocycles. The third-order valence-corrected chi connectivity index (χ3v) is 1.65. The van der Waals surface area contributed by atoms with Crippen molar-refractivity contribution in [2.75, 3.05) is 7.05 Å². The van der Waals surface area contributed by atoms with E-state index < -0.39 is 0 Å². The molecule has 5 heteroatoms. The maximum atomic E-state index is 11.2. The van der Waals surface area contributed by atoms with Crippen molar-refractivity contribution in [3.8, 4) is 0 Å². The molecular weight excluding hydrogens is 156 g/mol. The number of amides is 1. The van der Waals surface area contributed by atoms with E-state index in [2.05, 4.69) is 10.3 Å². The molecule has 5 nitrogen and oxygen atoms in total. The molecule has 66 valence electrons. The summed E-state index contributed by atoms with van der Waals surface area (Å²) in [5, 5.41) is 2.53. The highest BCUT2D eigenvalue weighted by molar-refractivity contribution is 5.93. The van der Waals surface area contributed by atoms with Crippen LogP contribution >= 0.6 is 0 Å². The highest BCUT2D eigenvalue weighted by Crippen LogP contribution is 2.04. The largest absolute Gasteiger partial charge is 0.354 e. The van der Waals surface area contributed by atoms with E-state index in [1.807, 2.05) is 0 Å². The lowest BCUT2D eigenvalue weighted by atomic mass is 10.3. The number of imidazole rings is 1. The van der Waals surface area contributed by atoms with Gasteiger partial charge in [0.25, 0.3) is 5.91 Å². The SMILES string of the molecule is CNC(=O)c1c(CN)ncn1C. The Morgan fingerprint density at radius 1 is 1.83 bits per heavy atom. The van der Waals surface area contributed by atoms with Crippen molar-refractivity contribution in [3.05, 3.63) is 17.7 Å². The molecule has 1 amide bonds. The van der Waals surface area contributed by atoms with Crippen molar-refractivity contribution in [1.29, 1.82) is 0 Å². The normalized spacial score (nSPS) is 9.92. The van der Waals surface area contributed by atoms with Gasteiger partial charge in [-0.05, 0) is 0 Å². The zero-order chi connectivity index (χ0) is 9.14. The Labute approximate surface area is 70.6 Å². The van der Waals surface area contributed by atoms with Crippen LogP contribution in [0.3, 0.4) is 0 Å². The fourth-order valence-electron chi connectivity index (χ4n) is 1.04. The first-order valence-corrected chi connectivity index (χ1v) is 3.63. The number of aromatic nitrogens is 2. The molecule has 0 bridgehead atoms. The van der Waals surface area contributed by atoms with Gasteiger partial charge in [-0.25, -0.2) is 4.98 Å². The Morgan fingerprint density at radius 3 is 3.00 bits per heavy atom. The number of hydrogen-bond acceptors (Lipinski definition) is 3. The van der Waals surface area contributed by atoms with Crippen molar-refractivity contribution >= 4 is 5.91 Å². The van der Waals surface area contributed by atoms with Gasteiger partial charge in [0.05, 0.1) is 12.0 Å². The van der Waals surface area contributed by atoms with Crippen LogP contribution in [0.4, 0.5) is 0 Å². The van der Waals surface area contributed by atoms with Gasteiger partial charge < -0.3 is 15.6 Å². The fourth-order valence-corrected chi connectivity index (χ4v) is 1.04. The average Bonchev–Trinajstić information content (AvgIpc) is 2.45. The molecule has 0 radical (unpaired) electrons. The topological polar surface area (TPSA) is 72.9 Å². The summed E-state index contributed by atoms with van der Waals surface area (Å²) in [4.78, 5) is 15.2. The second kappa shape index (κ2) is 3.36. The zero-order valence-corrected chi connectivity index (χ0v) is 7.16. The summed E-state index contributed by atoms with van der Waals surface area (Å²) in [7, 11) is 3.34. The molecule has 1 heterocycles. The number of nitrogens with zero attached hydrogens (tertiary/aromatic N) is 2. The summed E-state index contributed by atoms with van der Waals surface area (Å²) < 4.78 is 1.65. The molecule has 0 spiro atoms. The van der Waals surface area contributed by atoms with Crippen molar-refractivity contribution in [2.24, 2.45) is 12.8 Å². The fraction of sp³-hybridized carbons (Fsp3) is 0.429. The predicted octanol–water partition coefficient (Wildman–Crippen LogP) is -0.762. The van der Waals surface area contributed by atoms with Crippen LogP contribution < -0.4 is 11.1 Å². The van der Waals surface area contributed by atoms with E-state index in [4.69, 9.17) is 5.73 Å². The van der Waals surface area contributed by atoms with Crippen LogP contribution in [0.25, 0.3) is 0 Å². The van der Waals surface area contributed by atoms with Crippen molar-refractivity contribution < 1.29 is 4.79 Å². The van der Waals surface area contributed by atoms with Gasteiger partial charge in [-0.3, -0.25) is 4.79 Å². The van der Waals surface area contributed by atoms with Crippen LogP contribution in [0, 0.1) is 0 Å². The molecule has 12 heavy (non-hydrogen) atoms. The summed E-state index contributed by atoms with van der Waals surface area (Å²) in [6.45, 7) is 0.281. The maximum absolute atomic E-state index is 11.2. The van der Waals surface area contributed by atoms with Gasteiger partial charge in [-0.1, -0.05) is 0 Å². The molecule has 1 aromatic rings. The quantitative estimate of drug-likeness (QED) is 0.609. The lowest BCUT2D eigenvalue weighted by Crippen LogP contribution is -2.22. The van der Waals surface area contributed by atoms with E-state index in [0.29, 0.717) is 11.4 Å². The first-order chi connectivity index (χ1) is 5.70. The lowest BCUT2D eigenvalue weighted by Gasteiger charge is -2.01. The van der Waals surface area contributed by atoms with Crippen LogP contribution in [0.2, 0.25) is 0 Å². The van der Waals surface area contributed by atoms with Crippen molar-refractivity contribution in [3.63, 3.8) is 0 Å². The van der Waals surface area contributed by atoms with Crippen molar-refractivity contribution in [1.82, 2.24) is 14.9 Å². The van der Waals surface area contributed by atoms with Gasteiger partial charge in [0.1, 0.15) is 5.69 Å². The molecule has 0 saturated heterocycles. The molecule has 0 fully saturated rings. The highest BCUT2D eigenvalue weighted by atomic mass is 16.1. The Morgan fingerprint density at radius 2 is 2.50 bits per heavy atom. The van der Waals surface area contributed by atoms with Crippen LogP contribution in [0.5, 0.6) is 0 Å². The minimum Gasteiger partial charge on any atom is -0.354 e. The van der Waals surface area contributed by atoms with E-state index >= 15 is 0 Å². The first-order valence-electron chi connectivity index (χ1n) is 3.63.